The molecular weight excluding hydrogens is 410 g/mol. The second kappa shape index (κ2) is 8.18. The number of H-pyrrole nitrogens is 1. The number of aromatic nitrogens is 2. The molecule has 3 aromatic rings. The molecule has 32 heavy (non-hydrogen) atoms. The highest BCUT2D eigenvalue weighted by atomic mass is 16.7. The number of hydrogen-bond donors (Lipinski definition) is 2. The lowest BCUT2D eigenvalue weighted by molar-refractivity contribution is 0.0910. The fourth-order valence-electron chi connectivity index (χ4n) is 4.54. The lowest BCUT2D eigenvalue weighted by atomic mass is 9.86. The van der Waals surface area contributed by atoms with Gasteiger partial charge in [0, 0.05) is 11.6 Å². The number of rotatable bonds is 4. The zero-order valence-corrected chi connectivity index (χ0v) is 17.8. The first kappa shape index (κ1) is 20.4. The van der Waals surface area contributed by atoms with Crippen LogP contribution in [0.2, 0.25) is 0 Å². The van der Waals surface area contributed by atoms with Gasteiger partial charge in [0.05, 0.1) is 17.4 Å². The molecule has 0 bridgehead atoms. The number of nitrogens with one attached hydrogen (secondary N) is 2. The van der Waals surface area contributed by atoms with Gasteiger partial charge in [-0.3, -0.25) is 14.2 Å². The molecular formula is C24H25N3O5. The van der Waals surface area contributed by atoms with Crippen molar-refractivity contribution in [2.24, 2.45) is 5.92 Å². The summed E-state index contributed by atoms with van der Waals surface area (Å²) in [7, 11) is 0. The second-order valence-electron chi connectivity index (χ2n) is 8.61. The molecule has 1 aliphatic carbocycles. The summed E-state index contributed by atoms with van der Waals surface area (Å²) in [5, 5.41) is 3.46. The maximum absolute atomic E-state index is 13.0. The average molecular weight is 435 g/mol. The molecule has 0 spiro atoms. The Balaban J connectivity index is 1.42. The molecule has 8 nitrogen and oxygen atoms in total. The van der Waals surface area contributed by atoms with Gasteiger partial charge in [-0.15, -0.1) is 0 Å². The summed E-state index contributed by atoms with van der Waals surface area (Å²) in [5.74, 6) is 1.49. The molecule has 2 aromatic carbocycles. The van der Waals surface area contributed by atoms with Gasteiger partial charge in [-0.1, -0.05) is 25.8 Å². The van der Waals surface area contributed by atoms with Gasteiger partial charge in [-0.05, 0) is 54.7 Å². The van der Waals surface area contributed by atoms with Crippen molar-refractivity contribution < 1.29 is 14.3 Å². The number of hydrogen-bond acceptors (Lipinski definition) is 5. The van der Waals surface area contributed by atoms with E-state index in [-0.39, 0.29) is 25.3 Å². The van der Waals surface area contributed by atoms with Crippen LogP contribution in [0, 0.1) is 5.92 Å². The van der Waals surface area contributed by atoms with E-state index < -0.39 is 11.2 Å². The predicted octanol–water partition coefficient (Wildman–Crippen LogP) is 2.78. The van der Waals surface area contributed by atoms with Gasteiger partial charge >= 0.3 is 5.69 Å². The van der Waals surface area contributed by atoms with Crippen LogP contribution in [0.15, 0.2) is 46.0 Å². The average Bonchev–Trinajstić information content (AvgIpc) is 3.25. The van der Waals surface area contributed by atoms with Crippen LogP contribution < -0.4 is 26.0 Å². The van der Waals surface area contributed by atoms with Gasteiger partial charge in [0.25, 0.3) is 11.5 Å². The molecule has 2 N–H and O–H groups in total. The van der Waals surface area contributed by atoms with Gasteiger partial charge in [0.2, 0.25) is 6.79 Å². The molecule has 5 rings (SSSR count). The third kappa shape index (κ3) is 3.77. The Morgan fingerprint density at radius 1 is 1.09 bits per heavy atom. The molecule has 8 heteroatoms. The van der Waals surface area contributed by atoms with Gasteiger partial charge < -0.3 is 19.8 Å². The molecule has 0 saturated heterocycles. The molecule has 2 unspecified atom stereocenters. The number of carbonyl (C=O) groups is 1. The zero-order chi connectivity index (χ0) is 22.2. The maximum Gasteiger partial charge on any atom is 0.329 e. The Morgan fingerprint density at radius 3 is 2.75 bits per heavy atom. The zero-order valence-electron chi connectivity index (χ0n) is 17.8. The minimum Gasteiger partial charge on any atom is -0.454 e. The quantitative estimate of drug-likeness (QED) is 0.656. The van der Waals surface area contributed by atoms with Crippen LogP contribution >= 0.6 is 0 Å². The number of amides is 1. The van der Waals surface area contributed by atoms with E-state index in [1.54, 1.807) is 36.4 Å². The highest BCUT2D eigenvalue weighted by Gasteiger charge is 2.23. The Kier molecular flexibility index (Phi) is 5.20. The summed E-state index contributed by atoms with van der Waals surface area (Å²) in [6.07, 6.45) is 4.40. The Labute approximate surface area is 184 Å². The van der Waals surface area contributed by atoms with E-state index >= 15 is 0 Å². The summed E-state index contributed by atoms with van der Waals surface area (Å²) >= 11 is 0. The summed E-state index contributed by atoms with van der Waals surface area (Å²) in [4.78, 5) is 41.2. The Hall–Kier alpha value is -3.55. The van der Waals surface area contributed by atoms with Gasteiger partial charge in [-0.2, -0.15) is 0 Å². The number of benzene rings is 2. The summed E-state index contributed by atoms with van der Waals surface area (Å²) in [6.45, 7) is 2.41. The minimum atomic E-state index is -0.529. The van der Waals surface area contributed by atoms with E-state index in [4.69, 9.17) is 9.47 Å². The molecule has 2 aliphatic rings. The topological polar surface area (TPSA) is 102 Å². The smallest absolute Gasteiger partial charge is 0.329 e. The molecule has 1 fully saturated rings. The van der Waals surface area contributed by atoms with Gasteiger partial charge in [0.1, 0.15) is 0 Å². The number of nitrogens with zero attached hydrogens (tertiary/aromatic N) is 1. The first-order valence-corrected chi connectivity index (χ1v) is 11.0. The van der Waals surface area contributed by atoms with Crippen LogP contribution in [-0.4, -0.2) is 28.3 Å². The Morgan fingerprint density at radius 2 is 1.91 bits per heavy atom. The summed E-state index contributed by atoms with van der Waals surface area (Å²) < 4.78 is 11.8. The number of fused-ring (bicyclic) bond motifs is 2. The number of aromatic amines is 1. The van der Waals surface area contributed by atoms with E-state index in [2.05, 4.69) is 17.2 Å². The van der Waals surface area contributed by atoms with Crippen LogP contribution in [0.3, 0.4) is 0 Å². The lowest BCUT2D eigenvalue weighted by Crippen LogP contribution is -2.41. The molecule has 1 amide bonds. The van der Waals surface area contributed by atoms with Crippen molar-refractivity contribution in [2.45, 2.75) is 45.2 Å². The van der Waals surface area contributed by atoms with Crippen molar-refractivity contribution in [3.8, 4) is 11.5 Å². The fraction of sp³-hybridized carbons (Fsp3) is 0.375. The molecule has 2 atom stereocenters. The molecule has 0 radical (unpaired) electrons. The van der Waals surface area contributed by atoms with E-state index in [0.29, 0.717) is 33.9 Å². The lowest BCUT2D eigenvalue weighted by Gasteiger charge is -2.29. The third-order valence-corrected chi connectivity index (χ3v) is 6.45. The van der Waals surface area contributed by atoms with Crippen molar-refractivity contribution in [3.63, 3.8) is 0 Å². The van der Waals surface area contributed by atoms with Gasteiger partial charge in [-0.25, -0.2) is 4.79 Å². The van der Waals surface area contributed by atoms with E-state index in [1.165, 1.54) is 6.42 Å². The minimum absolute atomic E-state index is 0.0998. The van der Waals surface area contributed by atoms with Crippen LogP contribution in [0.5, 0.6) is 11.5 Å². The first-order valence-electron chi connectivity index (χ1n) is 11.0. The second-order valence-corrected chi connectivity index (χ2v) is 8.61. The summed E-state index contributed by atoms with van der Waals surface area (Å²) in [5.41, 5.74) is 0.594. The largest absolute Gasteiger partial charge is 0.454 e. The Bertz CT molecular complexity index is 1310. The SMILES string of the molecule is CC1CCCCC1NC(=O)c1ccc2c(=O)n(Cc3ccc4c(c3)OCO4)c(=O)[nH]c2c1. The molecule has 1 aromatic heterocycles. The monoisotopic (exact) mass is 435 g/mol. The van der Waals surface area contributed by atoms with Crippen molar-refractivity contribution in [1.29, 1.82) is 0 Å². The molecule has 166 valence electrons. The van der Waals surface area contributed by atoms with Crippen LogP contribution in [-0.2, 0) is 6.54 Å². The third-order valence-electron chi connectivity index (χ3n) is 6.45. The molecule has 1 aliphatic heterocycles. The van der Waals surface area contributed by atoms with Crippen molar-refractivity contribution in [1.82, 2.24) is 14.9 Å². The number of carbonyl (C=O) groups excluding carboxylic acids is 1. The van der Waals surface area contributed by atoms with Crippen molar-refractivity contribution in [2.75, 3.05) is 6.79 Å². The number of ether oxygens (including phenoxy) is 2. The first-order chi connectivity index (χ1) is 15.5. The van der Waals surface area contributed by atoms with Crippen molar-refractivity contribution >= 4 is 16.8 Å². The van der Waals surface area contributed by atoms with Crippen LogP contribution in [0.25, 0.3) is 10.9 Å². The van der Waals surface area contributed by atoms with E-state index in [0.717, 1.165) is 29.4 Å². The normalized spacial score (nSPS) is 19.8. The fourth-order valence-corrected chi connectivity index (χ4v) is 4.54. The van der Waals surface area contributed by atoms with E-state index in [1.807, 2.05) is 0 Å². The highest BCUT2D eigenvalue weighted by Crippen LogP contribution is 2.32. The predicted molar refractivity (Wildman–Crippen MR) is 119 cm³/mol. The van der Waals surface area contributed by atoms with Crippen LogP contribution in [0.4, 0.5) is 0 Å². The maximum atomic E-state index is 13.0. The standard InChI is InChI=1S/C24H25N3O5/c1-14-4-2-3-5-18(14)25-22(28)16-7-8-17-19(11-16)26-24(30)27(23(17)29)12-15-6-9-20-21(10-15)32-13-31-20/h6-11,14,18H,2-5,12-13H2,1H3,(H,25,28)(H,26,30). The molecule has 1 saturated carbocycles. The van der Waals surface area contributed by atoms with Gasteiger partial charge in [0.15, 0.2) is 11.5 Å². The summed E-state index contributed by atoms with van der Waals surface area (Å²) in [6, 6.07) is 10.3. The molecule has 2 heterocycles. The van der Waals surface area contributed by atoms with E-state index in [9.17, 15) is 14.4 Å². The van der Waals surface area contributed by atoms with Crippen molar-refractivity contribution in [3.05, 3.63) is 68.4 Å². The highest BCUT2D eigenvalue weighted by molar-refractivity contribution is 5.97. The van der Waals surface area contributed by atoms with Crippen LogP contribution in [0.1, 0.15) is 48.5 Å².